The van der Waals surface area contributed by atoms with Crippen molar-refractivity contribution in [3.63, 3.8) is 0 Å². The van der Waals surface area contributed by atoms with E-state index in [1.54, 1.807) is 19.2 Å². The van der Waals surface area contributed by atoms with E-state index in [0.717, 1.165) is 73.0 Å². The first kappa shape index (κ1) is 46.3. The second-order valence-corrected chi connectivity index (χ2v) is 17.2. The number of methoxy groups -OCH3 is 2. The zero-order valence-electron chi connectivity index (χ0n) is 36.6. The van der Waals surface area contributed by atoms with E-state index in [0.29, 0.717) is 29.4 Å². The van der Waals surface area contributed by atoms with Crippen molar-refractivity contribution in [3.05, 3.63) is 95.1 Å². The number of ether oxygens (including phenoxy) is 3. The van der Waals surface area contributed by atoms with E-state index in [1.165, 1.54) is 83.8 Å². The molecule has 0 spiro atoms. The van der Waals surface area contributed by atoms with Gasteiger partial charge in [-0.15, -0.1) is 5.10 Å². The summed E-state index contributed by atoms with van der Waals surface area (Å²) in [7, 11) is 3.03. The Morgan fingerprint density at radius 3 is 2.07 bits per heavy atom. The van der Waals surface area contributed by atoms with Gasteiger partial charge in [-0.1, -0.05) is 133 Å². The maximum Gasteiger partial charge on any atom is 0.305 e. The average Bonchev–Trinajstić information content (AvgIpc) is 3.98. The van der Waals surface area contributed by atoms with E-state index in [9.17, 15) is 14.7 Å². The lowest BCUT2D eigenvalue weighted by Gasteiger charge is -2.27. The van der Waals surface area contributed by atoms with Crippen molar-refractivity contribution in [2.75, 3.05) is 14.2 Å². The fourth-order valence-electron chi connectivity index (χ4n) is 8.29. The summed E-state index contributed by atoms with van der Waals surface area (Å²) in [6.07, 6.45) is 23.2. The van der Waals surface area contributed by atoms with Gasteiger partial charge in [-0.05, 0) is 90.1 Å². The summed E-state index contributed by atoms with van der Waals surface area (Å²) in [6, 6.07) is 18.6. The number of carboxylic acid groups (broad SMARTS) is 1. The number of unbranched alkanes of at least 4 members (excludes halogenated alkanes) is 14. The van der Waals surface area contributed by atoms with Gasteiger partial charge in [-0.2, -0.15) is 0 Å². The molecule has 1 fully saturated rings. The van der Waals surface area contributed by atoms with E-state index < -0.39 is 11.4 Å². The van der Waals surface area contributed by atoms with E-state index >= 15 is 4.39 Å². The molecule has 0 saturated heterocycles. The zero-order chi connectivity index (χ0) is 42.7. The predicted octanol–water partition coefficient (Wildman–Crippen LogP) is 12.4. The van der Waals surface area contributed by atoms with Crippen LogP contribution in [0, 0.1) is 11.7 Å². The highest BCUT2D eigenvalue weighted by Crippen LogP contribution is 2.45. The number of carbonyl (C=O) groups is 2. The third kappa shape index (κ3) is 14.5. The zero-order valence-corrected chi connectivity index (χ0v) is 36.6. The number of aromatic nitrogens is 3. The van der Waals surface area contributed by atoms with Crippen molar-refractivity contribution in [3.8, 4) is 22.6 Å². The maximum atomic E-state index is 15.5. The quantitative estimate of drug-likeness (QED) is 0.0425. The van der Waals surface area contributed by atoms with Gasteiger partial charge in [0.2, 0.25) is 0 Å². The number of benzene rings is 3. The van der Waals surface area contributed by atoms with Crippen molar-refractivity contribution >= 4 is 11.9 Å². The minimum atomic E-state index is -0.783. The molecule has 0 amide bonds. The van der Waals surface area contributed by atoms with Crippen LogP contribution in [0.1, 0.15) is 164 Å². The molecule has 1 N–H and O–H groups in total. The smallest absolute Gasteiger partial charge is 0.305 e. The molecular weight excluding hydrogens is 758 g/mol. The van der Waals surface area contributed by atoms with E-state index in [2.05, 4.69) is 30.2 Å². The highest BCUT2D eigenvalue weighted by atomic mass is 19.1. The van der Waals surface area contributed by atoms with Crippen LogP contribution in [0.5, 0.6) is 11.5 Å². The summed E-state index contributed by atoms with van der Waals surface area (Å²) in [5, 5.41) is 18.7. The standard InChI is InChI=1S/C50H68FN3O6/c1-50(2,47-35-54(53-52-47)30-19-17-15-13-11-9-7-5-6-8-10-12-14-16-18-23-49(57)59-4)45-31-37(24-28-42(45)44-33-40(58-3)27-29-46(44)51)36-60-41-22-20-21-39(32-41)43(34-48(55)56)38-25-26-38/h20-22,24,27-29,31-33,35,38,43H,5-19,23,25-26,30,34,36H2,1-4H3,(H,55,56)/t43-/m0/s1. The van der Waals surface area contributed by atoms with Crippen molar-refractivity contribution in [2.45, 2.75) is 160 Å². The lowest BCUT2D eigenvalue weighted by molar-refractivity contribution is -0.141. The van der Waals surface area contributed by atoms with Gasteiger partial charge in [0.15, 0.2) is 0 Å². The molecule has 1 heterocycles. The van der Waals surface area contributed by atoms with E-state index in [1.807, 2.05) is 47.3 Å². The van der Waals surface area contributed by atoms with Crippen molar-refractivity contribution in [2.24, 2.45) is 5.92 Å². The molecule has 0 aliphatic heterocycles. The second-order valence-electron chi connectivity index (χ2n) is 17.2. The molecule has 1 aliphatic rings. The minimum Gasteiger partial charge on any atom is -0.497 e. The molecule has 326 valence electrons. The summed E-state index contributed by atoms with van der Waals surface area (Å²) >= 11 is 0. The van der Waals surface area contributed by atoms with Crippen molar-refractivity contribution < 1.29 is 33.3 Å². The molecule has 1 saturated carbocycles. The number of carbonyl (C=O) groups excluding carboxylic acids is 1. The molecule has 1 aliphatic carbocycles. The maximum absolute atomic E-state index is 15.5. The summed E-state index contributed by atoms with van der Waals surface area (Å²) < 4.78 is 34.0. The lowest BCUT2D eigenvalue weighted by atomic mass is 9.77. The highest BCUT2D eigenvalue weighted by Gasteiger charge is 2.34. The highest BCUT2D eigenvalue weighted by molar-refractivity contribution is 5.72. The molecule has 1 aromatic heterocycles. The van der Waals surface area contributed by atoms with Crippen LogP contribution in [0.15, 0.2) is 66.9 Å². The van der Waals surface area contributed by atoms with Gasteiger partial charge < -0.3 is 19.3 Å². The Kier molecular flexibility index (Phi) is 18.5. The molecule has 9 nitrogen and oxygen atoms in total. The molecule has 10 heteroatoms. The van der Waals surface area contributed by atoms with Crippen molar-refractivity contribution in [1.29, 1.82) is 0 Å². The third-order valence-electron chi connectivity index (χ3n) is 12.2. The number of hydrogen-bond acceptors (Lipinski definition) is 7. The first-order valence-electron chi connectivity index (χ1n) is 22.5. The number of aliphatic carboxylic acids is 1. The molecule has 0 unspecified atom stereocenters. The van der Waals surface area contributed by atoms with Gasteiger partial charge in [0.1, 0.15) is 23.9 Å². The number of carboxylic acids is 1. The van der Waals surface area contributed by atoms with Crippen LogP contribution in [0.25, 0.3) is 11.1 Å². The number of rotatable bonds is 29. The lowest BCUT2D eigenvalue weighted by Crippen LogP contribution is -2.21. The Balaban J connectivity index is 1.11. The topological polar surface area (TPSA) is 113 Å². The number of halogens is 1. The number of hydrogen-bond donors (Lipinski definition) is 1. The normalized spacial score (nSPS) is 13.3. The number of nitrogens with zero attached hydrogens (tertiary/aromatic N) is 3. The van der Waals surface area contributed by atoms with Gasteiger partial charge in [0.25, 0.3) is 0 Å². The van der Waals surface area contributed by atoms with E-state index in [4.69, 9.17) is 14.2 Å². The average molecular weight is 826 g/mol. The third-order valence-corrected chi connectivity index (χ3v) is 12.2. The van der Waals surface area contributed by atoms with Gasteiger partial charge in [-0.25, -0.2) is 4.39 Å². The molecular formula is C50H68FN3O6. The molecule has 3 aromatic carbocycles. The SMILES string of the molecule is COC(=O)CCCCCCCCCCCCCCCCCn1cc(C(C)(C)c2cc(COc3cccc([C@@H](CC(=O)O)C4CC4)c3)ccc2-c2cc(OC)ccc2F)nn1. The molecule has 1 atom stereocenters. The van der Waals surface area contributed by atoms with Crippen LogP contribution in [0.3, 0.4) is 0 Å². The van der Waals surface area contributed by atoms with Gasteiger partial charge in [-0.3, -0.25) is 14.3 Å². The Labute approximate surface area is 357 Å². The van der Waals surface area contributed by atoms with Crippen LogP contribution < -0.4 is 9.47 Å². The van der Waals surface area contributed by atoms with Crippen LogP contribution in [-0.2, 0) is 32.9 Å². The second kappa shape index (κ2) is 23.9. The Morgan fingerprint density at radius 2 is 1.45 bits per heavy atom. The Morgan fingerprint density at radius 1 is 0.800 bits per heavy atom. The van der Waals surface area contributed by atoms with Crippen LogP contribution in [-0.4, -0.2) is 46.3 Å². The molecule has 0 bridgehead atoms. The Bertz CT molecular complexity index is 1940. The number of aryl methyl sites for hydroxylation is 1. The molecule has 60 heavy (non-hydrogen) atoms. The fraction of sp³-hybridized carbons (Fsp3) is 0.560. The molecule has 0 radical (unpaired) electrons. The largest absolute Gasteiger partial charge is 0.497 e. The first-order valence-corrected chi connectivity index (χ1v) is 22.5. The van der Waals surface area contributed by atoms with Crippen LogP contribution in [0.4, 0.5) is 4.39 Å². The minimum absolute atomic E-state index is 0.0144. The van der Waals surface area contributed by atoms with Crippen LogP contribution >= 0.6 is 0 Å². The van der Waals surface area contributed by atoms with Crippen molar-refractivity contribution in [1.82, 2.24) is 15.0 Å². The van der Waals surface area contributed by atoms with Crippen LogP contribution in [0.2, 0.25) is 0 Å². The van der Waals surface area contributed by atoms with E-state index in [-0.39, 0.29) is 30.7 Å². The number of esters is 1. The monoisotopic (exact) mass is 826 g/mol. The first-order chi connectivity index (χ1) is 29.1. The summed E-state index contributed by atoms with van der Waals surface area (Å²) in [5.41, 5.74) is 4.19. The summed E-state index contributed by atoms with van der Waals surface area (Å²) in [4.78, 5) is 22.8. The van der Waals surface area contributed by atoms with Gasteiger partial charge >= 0.3 is 11.9 Å². The van der Waals surface area contributed by atoms with Gasteiger partial charge in [0.05, 0.1) is 26.3 Å². The van der Waals surface area contributed by atoms with Gasteiger partial charge in [0, 0.05) is 30.1 Å². The summed E-state index contributed by atoms with van der Waals surface area (Å²) in [5.74, 6) is 0.440. The molecule has 5 rings (SSSR count). The predicted molar refractivity (Wildman–Crippen MR) is 235 cm³/mol. The summed E-state index contributed by atoms with van der Waals surface area (Å²) in [6.45, 7) is 5.29. The fourth-order valence-corrected chi connectivity index (χ4v) is 8.29. The molecule has 4 aromatic rings. The Hall–Kier alpha value is -4.73.